The Labute approximate surface area is 144 Å². The van der Waals surface area contributed by atoms with Gasteiger partial charge in [-0.2, -0.15) is 10.5 Å². The van der Waals surface area contributed by atoms with E-state index in [2.05, 4.69) is 10.5 Å². The van der Waals surface area contributed by atoms with E-state index >= 15 is 0 Å². The van der Waals surface area contributed by atoms with Crippen molar-refractivity contribution in [2.45, 2.75) is 50.8 Å². The number of aldehydes is 1. The summed E-state index contributed by atoms with van der Waals surface area (Å²) >= 11 is 0. The number of anilines is 1. The SMILES string of the molecule is CC(C)[C@@H](C=O)NOC1C(CO)OC(n2ccc(N)nc2=O)C1(C)O. The maximum atomic E-state index is 12.0. The minimum Gasteiger partial charge on any atom is -0.394 e. The Hall–Kier alpha value is -1.85. The van der Waals surface area contributed by atoms with Gasteiger partial charge < -0.3 is 25.5 Å². The van der Waals surface area contributed by atoms with Gasteiger partial charge in [-0.1, -0.05) is 13.8 Å². The van der Waals surface area contributed by atoms with Crippen LogP contribution in [0.2, 0.25) is 0 Å². The van der Waals surface area contributed by atoms with E-state index in [1.165, 1.54) is 19.2 Å². The molecule has 1 fully saturated rings. The third kappa shape index (κ3) is 3.88. The predicted molar refractivity (Wildman–Crippen MR) is 87.2 cm³/mol. The second-order valence-corrected chi connectivity index (χ2v) is 6.54. The van der Waals surface area contributed by atoms with Crippen LogP contribution in [0.15, 0.2) is 17.1 Å². The summed E-state index contributed by atoms with van der Waals surface area (Å²) in [6.45, 7) is 4.60. The van der Waals surface area contributed by atoms with Crippen molar-refractivity contribution in [1.82, 2.24) is 15.0 Å². The number of aliphatic hydroxyl groups is 2. The van der Waals surface area contributed by atoms with E-state index in [1.54, 1.807) is 0 Å². The average molecular weight is 356 g/mol. The van der Waals surface area contributed by atoms with Gasteiger partial charge in [0.05, 0.1) is 12.6 Å². The third-order valence-corrected chi connectivity index (χ3v) is 4.20. The molecule has 0 aromatic carbocycles. The first-order valence-corrected chi connectivity index (χ1v) is 7.92. The van der Waals surface area contributed by atoms with Crippen LogP contribution < -0.4 is 16.9 Å². The van der Waals surface area contributed by atoms with Gasteiger partial charge in [0.1, 0.15) is 29.9 Å². The average Bonchev–Trinajstić information content (AvgIpc) is 2.78. The molecule has 10 heteroatoms. The van der Waals surface area contributed by atoms with Gasteiger partial charge in [0.25, 0.3) is 0 Å². The number of ether oxygens (including phenoxy) is 1. The molecule has 5 N–H and O–H groups in total. The summed E-state index contributed by atoms with van der Waals surface area (Å²) in [5.41, 5.74) is 5.65. The van der Waals surface area contributed by atoms with E-state index < -0.39 is 42.4 Å². The molecule has 0 saturated carbocycles. The quantitative estimate of drug-likeness (QED) is 0.341. The molecule has 5 atom stereocenters. The predicted octanol–water partition coefficient (Wildman–Crippen LogP) is -1.42. The van der Waals surface area contributed by atoms with Crippen LogP contribution in [0.4, 0.5) is 5.82 Å². The number of hydrogen-bond acceptors (Lipinski definition) is 9. The van der Waals surface area contributed by atoms with Crippen molar-refractivity contribution in [2.24, 2.45) is 5.92 Å². The fourth-order valence-corrected chi connectivity index (χ4v) is 2.65. The highest BCUT2D eigenvalue weighted by Crippen LogP contribution is 2.38. The van der Waals surface area contributed by atoms with Crippen LogP contribution >= 0.6 is 0 Å². The lowest BCUT2D eigenvalue weighted by Crippen LogP contribution is -2.51. The molecule has 1 aliphatic rings. The number of hydrogen-bond donors (Lipinski definition) is 4. The summed E-state index contributed by atoms with van der Waals surface area (Å²) in [7, 11) is 0. The van der Waals surface area contributed by atoms with Crippen molar-refractivity contribution in [3.63, 3.8) is 0 Å². The molecule has 140 valence electrons. The van der Waals surface area contributed by atoms with E-state index in [9.17, 15) is 19.8 Å². The maximum Gasteiger partial charge on any atom is 0.351 e. The second kappa shape index (κ2) is 7.58. The van der Waals surface area contributed by atoms with E-state index in [0.717, 1.165) is 4.57 Å². The zero-order valence-corrected chi connectivity index (χ0v) is 14.3. The normalized spacial score (nSPS) is 30.6. The van der Waals surface area contributed by atoms with E-state index in [4.69, 9.17) is 15.3 Å². The van der Waals surface area contributed by atoms with Gasteiger partial charge >= 0.3 is 5.69 Å². The van der Waals surface area contributed by atoms with Gasteiger partial charge in [-0.05, 0) is 18.9 Å². The van der Waals surface area contributed by atoms with Crippen LogP contribution in [-0.2, 0) is 14.4 Å². The highest BCUT2D eigenvalue weighted by molar-refractivity contribution is 5.57. The van der Waals surface area contributed by atoms with Crippen molar-refractivity contribution in [3.05, 3.63) is 22.7 Å². The summed E-state index contributed by atoms with van der Waals surface area (Å²) in [4.78, 5) is 32.2. The van der Waals surface area contributed by atoms with E-state index in [-0.39, 0.29) is 11.7 Å². The standard InChI is InChI=1S/C15H24N4O6/c1-8(2)9(6-20)18-25-12-10(7-21)24-13(15(12,3)23)19-5-4-11(16)17-14(19)22/h4-6,8-10,12-13,18,21,23H,7H2,1-3H3,(H2,16,17,22)/t9-,10?,12?,13?,15?/m1/s1. The lowest BCUT2D eigenvalue weighted by molar-refractivity contribution is -0.152. The monoisotopic (exact) mass is 356 g/mol. The fraction of sp³-hybridized carbons (Fsp3) is 0.667. The summed E-state index contributed by atoms with van der Waals surface area (Å²) in [5, 5.41) is 20.4. The number of nitrogen functional groups attached to an aromatic ring is 1. The Balaban J connectivity index is 2.26. The largest absolute Gasteiger partial charge is 0.394 e. The summed E-state index contributed by atoms with van der Waals surface area (Å²) in [5.74, 6) is -0.00474. The van der Waals surface area contributed by atoms with Gasteiger partial charge in [-0.25, -0.2) is 4.79 Å². The lowest BCUT2D eigenvalue weighted by atomic mass is 9.96. The molecular formula is C15H24N4O6. The number of nitrogens with one attached hydrogen (secondary N) is 1. The molecule has 2 rings (SSSR count). The molecule has 0 radical (unpaired) electrons. The first-order chi connectivity index (χ1) is 11.7. The molecule has 1 aromatic rings. The van der Waals surface area contributed by atoms with E-state index in [0.29, 0.717) is 6.29 Å². The molecule has 0 aliphatic carbocycles. The summed E-state index contributed by atoms with van der Waals surface area (Å²) in [6, 6.07) is 0.790. The molecule has 1 aromatic heterocycles. The zero-order valence-electron chi connectivity index (χ0n) is 14.3. The Morgan fingerprint density at radius 2 is 2.28 bits per heavy atom. The van der Waals surface area contributed by atoms with Crippen LogP contribution in [-0.4, -0.2) is 56.5 Å². The minimum absolute atomic E-state index is 0.0397. The highest BCUT2D eigenvalue weighted by Gasteiger charge is 2.55. The molecule has 2 heterocycles. The molecule has 25 heavy (non-hydrogen) atoms. The Kier molecular flexibility index (Phi) is 5.91. The summed E-state index contributed by atoms with van der Waals surface area (Å²) in [6.07, 6.45) is -1.07. The Morgan fingerprint density at radius 1 is 1.60 bits per heavy atom. The number of rotatable bonds is 7. The fourth-order valence-electron chi connectivity index (χ4n) is 2.65. The van der Waals surface area contributed by atoms with Crippen LogP contribution in [0.3, 0.4) is 0 Å². The Bertz CT molecular complexity index is 662. The van der Waals surface area contributed by atoms with Gasteiger partial charge in [0.15, 0.2) is 6.23 Å². The molecule has 0 bridgehead atoms. The minimum atomic E-state index is -1.69. The van der Waals surface area contributed by atoms with Crippen LogP contribution in [0.5, 0.6) is 0 Å². The smallest absolute Gasteiger partial charge is 0.351 e. The number of hydroxylamine groups is 1. The second-order valence-electron chi connectivity index (χ2n) is 6.54. The number of aliphatic hydroxyl groups excluding tert-OH is 1. The Morgan fingerprint density at radius 3 is 2.80 bits per heavy atom. The van der Waals surface area contributed by atoms with Gasteiger partial charge in [-0.3, -0.25) is 9.40 Å². The number of carbonyl (C=O) groups is 1. The first kappa shape index (κ1) is 19.5. The van der Waals surface area contributed by atoms with Gasteiger partial charge in [0, 0.05) is 6.20 Å². The maximum absolute atomic E-state index is 12.0. The van der Waals surface area contributed by atoms with Crippen molar-refractivity contribution in [2.75, 3.05) is 12.3 Å². The van der Waals surface area contributed by atoms with Crippen LogP contribution in [0, 0.1) is 5.92 Å². The van der Waals surface area contributed by atoms with E-state index in [1.807, 2.05) is 13.8 Å². The molecule has 0 spiro atoms. The first-order valence-electron chi connectivity index (χ1n) is 7.92. The third-order valence-electron chi connectivity index (χ3n) is 4.20. The van der Waals surface area contributed by atoms with Gasteiger partial charge in [-0.15, -0.1) is 0 Å². The zero-order chi connectivity index (χ0) is 18.8. The lowest BCUT2D eigenvalue weighted by Gasteiger charge is -2.31. The van der Waals surface area contributed by atoms with Crippen molar-refractivity contribution in [1.29, 1.82) is 0 Å². The molecule has 1 saturated heterocycles. The van der Waals surface area contributed by atoms with Crippen molar-refractivity contribution >= 4 is 12.1 Å². The molecule has 4 unspecified atom stereocenters. The number of nitrogens with zero attached hydrogens (tertiary/aromatic N) is 2. The molecule has 10 nitrogen and oxygen atoms in total. The van der Waals surface area contributed by atoms with Crippen molar-refractivity contribution < 1.29 is 24.6 Å². The van der Waals surface area contributed by atoms with Crippen LogP contribution in [0.1, 0.15) is 27.0 Å². The number of aromatic nitrogens is 2. The molecular weight excluding hydrogens is 332 g/mol. The van der Waals surface area contributed by atoms with Crippen LogP contribution in [0.25, 0.3) is 0 Å². The number of nitrogens with two attached hydrogens (primary N) is 1. The van der Waals surface area contributed by atoms with Crippen molar-refractivity contribution in [3.8, 4) is 0 Å². The molecule has 1 aliphatic heterocycles. The highest BCUT2D eigenvalue weighted by atomic mass is 16.7. The summed E-state index contributed by atoms with van der Waals surface area (Å²) < 4.78 is 6.67. The molecule has 0 amide bonds. The van der Waals surface area contributed by atoms with Gasteiger partial charge in [0.2, 0.25) is 0 Å². The number of carbonyl (C=O) groups excluding carboxylic acids is 1. The topological polar surface area (TPSA) is 149 Å².